The summed E-state index contributed by atoms with van der Waals surface area (Å²) >= 11 is 0. The first-order valence-corrected chi connectivity index (χ1v) is 6.60. The zero-order chi connectivity index (χ0) is 10.2. The van der Waals surface area contributed by atoms with E-state index < -0.39 is 9.84 Å². The summed E-state index contributed by atoms with van der Waals surface area (Å²) in [5, 5.41) is 2.73. The van der Waals surface area contributed by atoms with E-state index in [2.05, 4.69) is 5.32 Å². The number of carbonyl (C=O) groups is 1. The molecule has 1 unspecified atom stereocenters. The number of nitrogens with zero attached hydrogens (tertiary/aromatic N) is 1. The molecule has 14 heavy (non-hydrogen) atoms. The number of carbonyl (C=O) groups excluding carboxylic acids is 1. The van der Waals surface area contributed by atoms with Gasteiger partial charge in [-0.15, -0.1) is 0 Å². The van der Waals surface area contributed by atoms with Gasteiger partial charge in [0.1, 0.15) is 0 Å². The van der Waals surface area contributed by atoms with Gasteiger partial charge in [0.2, 0.25) is 5.91 Å². The van der Waals surface area contributed by atoms with Crippen LogP contribution in [0, 0.1) is 0 Å². The predicted molar refractivity (Wildman–Crippen MR) is 51.6 cm³/mol. The van der Waals surface area contributed by atoms with E-state index in [-0.39, 0.29) is 23.5 Å². The number of rotatable bonds is 1. The number of hydrogen-bond donors (Lipinski definition) is 1. The zero-order valence-corrected chi connectivity index (χ0v) is 8.72. The number of piperazine rings is 1. The van der Waals surface area contributed by atoms with E-state index >= 15 is 0 Å². The molecule has 0 aromatic rings. The number of sulfone groups is 1. The van der Waals surface area contributed by atoms with Gasteiger partial charge in [0, 0.05) is 19.1 Å². The van der Waals surface area contributed by atoms with Crippen molar-refractivity contribution in [3.8, 4) is 0 Å². The lowest BCUT2D eigenvalue weighted by atomic mass is 10.2. The molecule has 0 spiro atoms. The van der Waals surface area contributed by atoms with Crippen LogP contribution in [0.3, 0.4) is 0 Å². The number of hydrogen-bond acceptors (Lipinski definition) is 4. The Balaban J connectivity index is 1.99. The molecule has 0 saturated carbocycles. The van der Waals surface area contributed by atoms with E-state index in [0.29, 0.717) is 19.5 Å². The second-order valence-corrected chi connectivity index (χ2v) is 6.11. The van der Waals surface area contributed by atoms with Gasteiger partial charge in [-0.25, -0.2) is 8.42 Å². The summed E-state index contributed by atoms with van der Waals surface area (Å²) in [6.45, 7) is 1.75. The van der Waals surface area contributed by atoms with Crippen molar-refractivity contribution in [3.05, 3.63) is 0 Å². The Morgan fingerprint density at radius 2 is 2.21 bits per heavy atom. The first kappa shape index (κ1) is 9.92. The molecule has 0 bridgehead atoms. The third-order valence-corrected chi connectivity index (χ3v) is 4.54. The molecule has 0 radical (unpaired) electrons. The summed E-state index contributed by atoms with van der Waals surface area (Å²) in [6, 6.07) is 0.0612. The molecule has 0 aromatic carbocycles. The van der Waals surface area contributed by atoms with Crippen LogP contribution in [-0.4, -0.2) is 56.4 Å². The average Bonchev–Trinajstić information content (AvgIpc) is 2.46. The molecule has 2 rings (SSSR count). The first-order valence-electron chi connectivity index (χ1n) is 4.78. The fourth-order valence-corrected chi connectivity index (χ4v) is 3.79. The van der Waals surface area contributed by atoms with Gasteiger partial charge < -0.3 is 5.32 Å². The van der Waals surface area contributed by atoms with Crippen LogP contribution in [0.4, 0.5) is 0 Å². The standard InChI is InChI=1S/C8H14N2O3S/c11-8-5-10(3-2-9-8)7-1-4-14(12,13)6-7/h7H,1-6H2,(H,9,11). The lowest BCUT2D eigenvalue weighted by Gasteiger charge is -2.30. The van der Waals surface area contributed by atoms with Crippen molar-refractivity contribution in [1.82, 2.24) is 10.2 Å². The van der Waals surface area contributed by atoms with Gasteiger partial charge in [0.25, 0.3) is 0 Å². The molecule has 2 aliphatic rings. The minimum absolute atomic E-state index is 0.000507. The lowest BCUT2D eigenvalue weighted by Crippen LogP contribution is -2.51. The molecular weight excluding hydrogens is 204 g/mol. The molecule has 6 heteroatoms. The zero-order valence-electron chi connectivity index (χ0n) is 7.90. The van der Waals surface area contributed by atoms with Gasteiger partial charge in [0.05, 0.1) is 18.1 Å². The number of nitrogens with one attached hydrogen (secondary N) is 1. The number of amides is 1. The molecular formula is C8H14N2O3S. The van der Waals surface area contributed by atoms with Crippen molar-refractivity contribution in [2.24, 2.45) is 0 Å². The van der Waals surface area contributed by atoms with Crippen LogP contribution in [0.2, 0.25) is 0 Å². The van der Waals surface area contributed by atoms with E-state index in [1.54, 1.807) is 0 Å². The predicted octanol–water partition coefficient (Wildman–Crippen LogP) is -1.39. The largest absolute Gasteiger partial charge is 0.354 e. The maximum Gasteiger partial charge on any atom is 0.234 e. The fraction of sp³-hybridized carbons (Fsp3) is 0.875. The molecule has 80 valence electrons. The summed E-state index contributed by atoms with van der Waals surface area (Å²) in [4.78, 5) is 13.1. The van der Waals surface area contributed by atoms with Gasteiger partial charge >= 0.3 is 0 Å². The monoisotopic (exact) mass is 218 g/mol. The summed E-state index contributed by atoms with van der Waals surface area (Å²) in [5.74, 6) is 0.497. The average molecular weight is 218 g/mol. The van der Waals surface area contributed by atoms with E-state index in [4.69, 9.17) is 0 Å². The van der Waals surface area contributed by atoms with Crippen LogP contribution in [-0.2, 0) is 14.6 Å². The van der Waals surface area contributed by atoms with E-state index in [1.807, 2.05) is 4.90 Å². The minimum atomic E-state index is -2.84. The second kappa shape index (κ2) is 3.51. The van der Waals surface area contributed by atoms with Crippen molar-refractivity contribution >= 4 is 15.7 Å². The fourth-order valence-electron chi connectivity index (χ4n) is 2.03. The minimum Gasteiger partial charge on any atom is -0.354 e. The summed E-state index contributed by atoms with van der Waals surface area (Å²) < 4.78 is 22.5. The Kier molecular flexibility index (Phi) is 2.48. The van der Waals surface area contributed by atoms with Crippen molar-refractivity contribution in [3.63, 3.8) is 0 Å². The Morgan fingerprint density at radius 3 is 2.79 bits per heavy atom. The highest BCUT2D eigenvalue weighted by Crippen LogP contribution is 2.17. The quantitative estimate of drug-likeness (QED) is 0.588. The molecule has 1 amide bonds. The molecule has 2 heterocycles. The highest BCUT2D eigenvalue weighted by atomic mass is 32.2. The van der Waals surface area contributed by atoms with E-state index in [0.717, 1.165) is 6.54 Å². The van der Waals surface area contributed by atoms with E-state index in [1.165, 1.54) is 0 Å². The van der Waals surface area contributed by atoms with Crippen molar-refractivity contribution < 1.29 is 13.2 Å². The summed E-state index contributed by atoms with van der Waals surface area (Å²) in [7, 11) is -2.84. The molecule has 0 aliphatic carbocycles. The van der Waals surface area contributed by atoms with Crippen LogP contribution in [0.5, 0.6) is 0 Å². The molecule has 2 fully saturated rings. The van der Waals surface area contributed by atoms with Crippen molar-refractivity contribution in [1.29, 1.82) is 0 Å². The highest BCUT2D eigenvalue weighted by Gasteiger charge is 2.33. The maximum atomic E-state index is 11.2. The third-order valence-electron chi connectivity index (χ3n) is 2.79. The first-order chi connectivity index (χ1) is 6.57. The maximum absolute atomic E-state index is 11.2. The van der Waals surface area contributed by atoms with Crippen LogP contribution in [0.1, 0.15) is 6.42 Å². The molecule has 1 atom stereocenters. The topological polar surface area (TPSA) is 66.5 Å². The Morgan fingerprint density at radius 1 is 1.43 bits per heavy atom. The van der Waals surface area contributed by atoms with E-state index in [9.17, 15) is 13.2 Å². The van der Waals surface area contributed by atoms with Crippen LogP contribution < -0.4 is 5.32 Å². The SMILES string of the molecule is O=C1CN(C2CCS(=O)(=O)C2)CCN1. The summed E-state index contributed by atoms with van der Waals surface area (Å²) in [6.07, 6.45) is 0.676. The van der Waals surface area contributed by atoms with Crippen LogP contribution >= 0.6 is 0 Å². The Bertz CT molecular complexity index is 338. The highest BCUT2D eigenvalue weighted by molar-refractivity contribution is 7.91. The van der Waals surface area contributed by atoms with Gasteiger partial charge in [-0.1, -0.05) is 0 Å². The molecule has 1 N–H and O–H groups in total. The van der Waals surface area contributed by atoms with Gasteiger partial charge in [-0.3, -0.25) is 9.69 Å². The molecule has 5 nitrogen and oxygen atoms in total. The van der Waals surface area contributed by atoms with Crippen LogP contribution in [0.15, 0.2) is 0 Å². The van der Waals surface area contributed by atoms with Crippen molar-refractivity contribution in [2.45, 2.75) is 12.5 Å². The van der Waals surface area contributed by atoms with Gasteiger partial charge in [-0.05, 0) is 6.42 Å². The molecule has 2 aliphatic heterocycles. The second-order valence-electron chi connectivity index (χ2n) is 3.88. The van der Waals surface area contributed by atoms with Crippen molar-refractivity contribution in [2.75, 3.05) is 31.1 Å². The lowest BCUT2D eigenvalue weighted by molar-refractivity contribution is -0.124. The Hall–Kier alpha value is -0.620. The van der Waals surface area contributed by atoms with Gasteiger partial charge in [0.15, 0.2) is 9.84 Å². The molecule has 2 saturated heterocycles. The Labute approximate surface area is 83.4 Å². The van der Waals surface area contributed by atoms with Crippen LogP contribution in [0.25, 0.3) is 0 Å². The molecule has 0 aromatic heterocycles. The smallest absolute Gasteiger partial charge is 0.234 e. The normalized spacial score (nSPS) is 32.9. The van der Waals surface area contributed by atoms with Gasteiger partial charge in [-0.2, -0.15) is 0 Å². The third kappa shape index (κ3) is 2.06. The summed E-state index contributed by atoms with van der Waals surface area (Å²) in [5.41, 5.74) is 0.